The second kappa shape index (κ2) is 5.75. The summed E-state index contributed by atoms with van der Waals surface area (Å²) in [6.45, 7) is 2.33. The van der Waals surface area contributed by atoms with Crippen LogP contribution in [-0.4, -0.2) is 39.5 Å². The molecule has 3 rings (SSSR count). The SMILES string of the molecule is Cc1cc(C(=O)N2CCCC[C@H]2C(=O)O)c2ccccc2n1. The van der Waals surface area contributed by atoms with Gasteiger partial charge in [-0.3, -0.25) is 9.78 Å². The van der Waals surface area contributed by atoms with E-state index in [1.54, 1.807) is 6.07 Å². The fourth-order valence-corrected chi connectivity index (χ4v) is 3.07. The van der Waals surface area contributed by atoms with E-state index < -0.39 is 12.0 Å². The van der Waals surface area contributed by atoms with Gasteiger partial charge in [0.05, 0.1) is 11.1 Å². The van der Waals surface area contributed by atoms with Crippen molar-refractivity contribution in [2.75, 3.05) is 6.54 Å². The molecule has 22 heavy (non-hydrogen) atoms. The number of aliphatic carboxylic acids is 1. The third kappa shape index (κ3) is 2.54. The van der Waals surface area contributed by atoms with Crippen LogP contribution in [-0.2, 0) is 4.79 Å². The van der Waals surface area contributed by atoms with Gasteiger partial charge >= 0.3 is 5.97 Å². The largest absolute Gasteiger partial charge is 0.480 e. The molecular weight excluding hydrogens is 280 g/mol. The zero-order valence-electron chi connectivity index (χ0n) is 12.5. The summed E-state index contributed by atoms with van der Waals surface area (Å²) < 4.78 is 0. The van der Waals surface area contributed by atoms with Crippen molar-refractivity contribution in [2.45, 2.75) is 32.2 Å². The summed E-state index contributed by atoms with van der Waals surface area (Å²) in [6, 6.07) is 8.48. The van der Waals surface area contributed by atoms with E-state index in [-0.39, 0.29) is 5.91 Å². The van der Waals surface area contributed by atoms with Crippen LogP contribution in [0.2, 0.25) is 0 Å². The van der Waals surface area contributed by atoms with Crippen molar-refractivity contribution >= 4 is 22.8 Å². The van der Waals surface area contributed by atoms with Gasteiger partial charge in [0, 0.05) is 17.6 Å². The number of carbonyl (C=O) groups excluding carboxylic acids is 1. The summed E-state index contributed by atoms with van der Waals surface area (Å²) in [5.41, 5.74) is 2.05. The number of carbonyl (C=O) groups is 2. The first kappa shape index (κ1) is 14.5. The second-order valence-corrected chi connectivity index (χ2v) is 5.68. The van der Waals surface area contributed by atoms with Gasteiger partial charge in [-0.2, -0.15) is 0 Å². The fourth-order valence-electron chi connectivity index (χ4n) is 3.07. The zero-order valence-corrected chi connectivity index (χ0v) is 12.5. The number of fused-ring (bicyclic) bond motifs is 1. The normalized spacial score (nSPS) is 18.4. The minimum atomic E-state index is -0.928. The molecule has 1 fully saturated rings. The number of likely N-dealkylation sites (tertiary alicyclic amines) is 1. The van der Waals surface area contributed by atoms with Gasteiger partial charge in [0.1, 0.15) is 6.04 Å². The van der Waals surface area contributed by atoms with E-state index in [1.165, 1.54) is 4.90 Å². The molecular formula is C17H18N2O3. The Kier molecular flexibility index (Phi) is 3.79. The van der Waals surface area contributed by atoms with E-state index in [2.05, 4.69) is 4.98 Å². The van der Waals surface area contributed by atoms with E-state index in [0.717, 1.165) is 29.4 Å². The molecule has 1 N–H and O–H groups in total. The molecule has 1 aromatic heterocycles. The summed E-state index contributed by atoms with van der Waals surface area (Å²) in [6.07, 6.45) is 2.21. The van der Waals surface area contributed by atoms with Crippen LogP contribution in [0.4, 0.5) is 0 Å². The van der Waals surface area contributed by atoms with Crippen molar-refractivity contribution in [3.05, 3.63) is 41.6 Å². The summed E-state index contributed by atoms with van der Waals surface area (Å²) in [4.78, 5) is 30.3. The molecule has 1 aliphatic heterocycles. The summed E-state index contributed by atoms with van der Waals surface area (Å²) in [5, 5.41) is 10.1. The maximum Gasteiger partial charge on any atom is 0.326 e. The average molecular weight is 298 g/mol. The zero-order chi connectivity index (χ0) is 15.7. The lowest BCUT2D eigenvalue weighted by atomic mass is 9.99. The van der Waals surface area contributed by atoms with E-state index >= 15 is 0 Å². The second-order valence-electron chi connectivity index (χ2n) is 5.68. The first-order valence-corrected chi connectivity index (χ1v) is 7.48. The highest BCUT2D eigenvalue weighted by atomic mass is 16.4. The number of piperidine rings is 1. The van der Waals surface area contributed by atoms with Gasteiger partial charge in [-0.15, -0.1) is 0 Å². The Balaban J connectivity index is 2.06. The highest BCUT2D eigenvalue weighted by Crippen LogP contribution is 2.24. The number of rotatable bonds is 2. The van der Waals surface area contributed by atoms with Crippen molar-refractivity contribution in [2.24, 2.45) is 0 Å². The molecule has 1 aliphatic rings. The minimum absolute atomic E-state index is 0.214. The van der Waals surface area contributed by atoms with E-state index in [0.29, 0.717) is 18.5 Å². The first-order valence-electron chi connectivity index (χ1n) is 7.48. The Morgan fingerprint density at radius 1 is 1.27 bits per heavy atom. The maximum absolute atomic E-state index is 12.9. The fraction of sp³-hybridized carbons (Fsp3) is 0.353. The van der Waals surface area contributed by atoms with Crippen LogP contribution in [0.3, 0.4) is 0 Å². The smallest absolute Gasteiger partial charge is 0.326 e. The number of amides is 1. The Labute approximate surface area is 128 Å². The number of hydrogen-bond acceptors (Lipinski definition) is 3. The molecule has 0 spiro atoms. The average Bonchev–Trinajstić information content (AvgIpc) is 2.53. The molecule has 5 heteroatoms. The first-order chi connectivity index (χ1) is 10.6. The van der Waals surface area contributed by atoms with E-state index in [9.17, 15) is 14.7 Å². The molecule has 1 amide bonds. The van der Waals surface area contributed by atoms with Crippen molar-refractivity contribution in [3.63, 3.8) is 0 Å². The summed E-state index contributed by atoms with van der Waals surface area (Å²) in [5.74, 6) is -1.14. The Morgan fingerprint density at radius 3 is 2.82 bits per heavy atom. The topological polar surface area (TPSA) is 70.5 Å². The molecule has 1 saturated heterocycles. The van der Waals surface area contributed by atoms with Crippen LogP contribution >= 0.6 is 0 Å². The number of para-hydroxylation sites is 1. The number of nitrogens with zero attached hydrogens (tertiary/aromatic N) is 2. The number of pyridine rings is 1. The molecule has 0 bridgehead atoms. The van der Waals surface area contributed by atoms with Gasteiger partial charge in [-0.05, 0) is 38.3 Å². The molecule has 1 aromatic carbocycles. The quantitative estimate of drug-likeness (QED) is 0.925. The molecule has 0 saturated carbocycles. The maximum atomic E-state index is 12.9. The van der Waals surface area contributed by atoms with Gasteiger partial charge in [0.2, 0.25) is 0 Å². The highest BCUT2D eigenvalue weighted by Gasteiger charge is 2.33. The Morgan fingerprint density at radius 2 is 2.05 bits per heavy atom. The van der Waals surface area contributed by atoms with Crippen molar-refractivity contribution < 1.29 is 14.7 Å². The number of benzene rings is 1. The minimum Gasteiger partial charge on any atom is -0.480 e. The lowest BCUT2D eigenvalue weighted by Gasteiger charge is -2.33. The predicted molar refractivity (Wildman–Crippen MR) is 82.8 cm³/mol. The molecule has 114 valence electrons. The number of aryl methyl sites for hydroxylation is 1. The lowest BCUT2D eigenvalue weighted by molar-refractivity contribution is -0.143. The molecule has 0 unspecified atom stereocenters. The molecule has 2 aromatic rings. The van der Waals surface area contributed by atoms with Gasteiger partial charge in [0.25, 0.3) is 5.91 Å². The van der Waals surface area contributed by atoms with Gasteiger partial charge in [-0.1, -0.05) is 18.2 Å². The van der Waals surface area contributed by atoms with E-state index in [4.69, 9.17) is 0 Å². The molecule has 1 atom stereocenters. The molecule has 5 nitrogen and oxygen atoms in total. The highest BCUT2D eigenvalue weighted by molar-refractivity contribution is 6.07. The van der Waals surface area contributed by atoms with Crippen molar-refractivity contribution in [1.82, 2.24) is 9.88 Å². The number of carboxylic acids is 1. The Hall–Kier alpha value is -2.43. The lowest BCUT2D eigenvalue weighted by Crippen LogP contribution is -2.48. The van der Waals surface area contributed by atoms with E-state index in [1.807, 2.05) is 31.2 Å². The molecule has 0 aliphatic carbocycles. The number of aromatic nitrogens is 1. The third-order valence-electron chi connectivity index (χ3n) is 4.12. The van der Waals surface area contributed by atoms with Crippen LogP contribution < -0.4 is 0 Å². The van der Waals surface area contributed by atoms with Crippen LogP contribution in [0.5, 0.6) is 0 Å². The van der Waals surface area contributed by atoms with Crippen molar-refractivity contribution in [1.29, 1.82) is 0 Å². The number of hydrogen-bond donors (Lipinski definition) is 1. The summed E-state index contributed by atoms with van der Waals surface area (Å²) in [7, 11) is 0. The predicted octanol–water partition coefficient (Wildman–Crippen LogP) is 2.62. The number of carboxylic acid groups (broad SMARTS) is 1. The monoisotopic (exact) mass is 298 g/mol. The van der Waals surface area contributed by atoms with Crippen LogP contribution in [0, 0.1) is 6.92 Å². The summed E-state index contributed by atoms with van der Waals surface area (Å²) >= 11 is 0. The van der Waals surface area contributed by atoms with Gasteiger partial charge in [-0.25, -0.2) is 4.79 Å². The van der Waals surface area contributed by atoms with Crippen LogP contribution in [0.1, 0.15) is 35.3 Å². The van der Waals surface area contributed by atoms with Gasteiger partial charge < -0.3 is 10.0 Å². The molecule has 2 heterocycles. The molecule has 0 radical (unpaired) electrons. The van der Waals surface area contributed by atoms with Gasteiger partial charge in [0.15, 0.2) is 0 Å². The van der Waals surface area contributed by atoms with Crippen LogP contribution in [0.25, 0.3) is 10.9 Å². The van der Waals surface area contributed by atoms with Crippen LogP contribution in [0.15, 0.2) is 30.3 Å². The third-order valence-corrected chi connectivity index (χ3v) is 4.12. The van der Waals surface area contributed by atoms with Crippen molar-refractivity contribution in [3.8, 4) is 0 Å². The standard InChI is InChI=1S/C17H18N2O3/c1-11-10-13(12-6-2-3-7-14(12)18-11)16(20)19-9-5-4-8-15(19)17(21)22/h2-3,6-7,10,15H,4-5,8-9H2,1H3,(H,21,22)/t15-/m0/s1. The Bertz CT molecular complexity index is 742.